The Morgan fingerprint density at radius 1 is 1.40 bits per heavy atom. The van der Waals surface area contributed by atoms with E-state index in [4.69, 9.17) is 5.11 Å². The molecule has 58 valence electrons. The molecule has 0 amide bonds. The molecule has 0 aromatic rings. The molecule has 0 saturated heterocycles. The van der Waals surface area contributed by atoms with Crippen LogP contribution in [0.5, 0.6) is 0 Å². The van der Waals surface area contributed by atoms with Gasteiger partial charge in [-0.05, 0) is 26.3 Å². The monoisotopic (exact) mass is 142 g/mol. The van der Waals surface area contributed by atoms with Crippen LogP contribution in [0.1, 0.15) is 20.8 Å². The molecule has 1 unspecified atom stereocenters. The molecule has 0 aliphatic rings. The second-order valence-corrected chi connectivity index (χ2v) is 2.24. The zero-order chi connectivity index (χ0) is 8.15. The lowest BCUT2D eigenvalue weighted by Crippen LogP contribution is -2.05. The second-order valence-electron chi connectivity index (χ2n) is 2.24. The van der Waals surface area contributed by atoms with Crippen LogP contribution in [0.3, 0.4) is 0 Å². The molecule has 0 fully saturated rings. The van der Waals surface area contributed by atoms with Crippen molar-refractivity contribution in [2.24, 2.45) is 0 Å². The Bertz CT molecular complexity index is 153. The fraction of sp³-hybridized carbons (Fsp3) is 0.500. The van der Waals surface area contributed by atoms with Crippen LogP contribution in [0.25, 0.3) is 0 Å². The Labute approximate surface area is 61.5 Å². The summed E-state index contributed by atoms with van der Waals surface area (Å²) in [6, 6.07) is 0. The predicted octanol–water partition coefficient (Wildman–Crippen LogP) is 1.78. The van der Waals surface area contributed by atoms with Crippen molar-refractivity contribution in [2.75, 3.05) is 0 Å². The minimum Gasteiger partial charge on any atom is -0.513 e. The number of rotatable bonds is 2. The predicted molar refractivity (Wildman–Crippen MR) is 41.8 cm³/mol. The van der Waals surface area contributed by atoms with Gasteiger partial charge in [-0.3, -0.25) is 0 Å². The first kappa shape index (κ1) is 9.24. The van der Waals surface area contributed by atoms with Crippen molar-refractivity contribution in [3.8, 4) is 0 Å². The summed E-state index contributed by atoms with van der Waals surface area (Å²) in [5.74, 6) is 0.186. The minimum absolute atomic E-state index is 0.186. The van der Waals surface area contributed by atoms with Gasteiger partial charge < -0.3 is 10.2 Å². The number of hydrogen-bond acceptors (Lipinski definition) is 2. The maximum atomic E-state index is 9.18. The number of aliphatic hydroxyl groups excluding tert-OH is 2. The molecular formula is C8H14O2. The van der Waals surface area contributed by atoms with Gasteiger partial charge >= 0.3 is 0 Å². The third-order valence-electron chi connectivity index (χ3n) is 1.39. The average molecular weight is 142 g/mol. The number of aliphatic hydroxyl groups is 2. The van der Waals surface area contributed by atoms with E-state index in [1.807, 2.05) is 6.92 Å². The largest absolute Gasteiger partial charge is 0.513 e. The number of allylic oxidation sites excluding steroid dienone is 2. The van der Waals surface area contributed by atoms with Crippen LogP contribution in [-0.4, -0.2) is 16.3 Å². The lowest BCUT2D eigenvalue weighted by molar-refractivity contribution is 0.249. The van der Waals surface area contributed by atoms with Gasteiger partial charge in [0.15, 0.2) is 0 Å². The van der Waals surface area contributed by atoms with Crippen LogP contribution in [0, 0.1) is 0 Å². The lowest BCUT2D eigenvalue weighted by atomic mass is 10.1. The maximum absolute atomic E-state index is 9.18. The molecule has 0 aliphatic carbocycles. The first-order valence-corrected chi connectivity index (χ1v) is 3.26. The summed E-state index contributed by atoms with van der Waals surface area (Å²) in [6.45, 7) is 5.07. The minimum atomic E-state index is -0.644. The van der Waals surface area contributed by atoms with Gasteiger partial charge in [0.1, 0.15) is 0 Å². The van der Waals surface area contributed by atoms with Crippen LogP contribution in [0.15, 0.2) is 23.5 Å². The Morgan fingerprint density at radius 2 is 1.90 bits per heavy atom. The molecule has 2 N–H and O–H groups in total. The summed E-state index contributed by atoms with van der Waals surface area (Å²) in [5.41, 5.74) is 0.595. The van der Waals surface area contributed by atoms with E-state index in [2.05, 4.69) is 0 Å². The second kappa shape index (κ2) is 4.12. The van der Waals surface area contributed by atoms with Crippen molar-refractivity contribution in [3.05, 3.63) is 23.5 Å². The van der Waals surface area contributed by atoms with Gasteiger partial charge in [0.2, 0.25) is 0 Å². The van der Waals surface area contributed by atoms with Gasteiger partial charge in [0, 0.05) is 0 Å². The molecule has 2 heteroatoms. The van der Waals surface area contributed by atoms with Crippen molar-refractivity contribution in [2.45, 2.75) is 26.9 Å². The summed E-state index contributed by atoms with van der Waals surface area (Å²) in [5, 5.41) is 18.1. The zero-order valence-electron chi connectivity index (χ0n) is 6.63. The van der Waals surface area contributed by atoms with Crippen LogP contribution in [0.4, 0.5) is 0 Å². The highest BCUT2D eigenvalue weighted by molar-refractivity contribution is 5.14. The molecule has 0 radical (unpaired) electrons. The summed E-state index contributed by atoms with van der Waals surface area (Å²) in [7, 11) is 0. The van der Waals surface area contributed by atoms with E-state index >= 15 is 0 Å². The first-order chi connectivity index (χ1) is 4.59. The van der Waals surface area contributed by atoms with E-state index in [-0.39, 0.29) is 5.76 Å². The average Bonchev–Trinajstić information content (AvgIpc) is 1.87. The molecule has 0 rings (SSSR count). The van der Waals surface area contributed by atoms with Crippen LogP contribution >= 0.6 is 0 Å². The third-order valence-corrected chi connectivity index (χ3v) is 1.39. The first-order valence-electron chi connectivity index (χ1n) is 3.26. The van der Waals surface area contributed by atoms with E-state index in [9.17, 15) is 5.11 Å². The molecule has 0 aromatic carbocycles. The van der Waals surface area contributed by atoms with Gasteiger partial charge in [-0.1, -0.05) is 12.2 Å². The third kappa shape index (κ3) is 2.69. The Kier molecular flexibility index (Phi) is 3.81. The normalized spacial score (nSPS) is 17.2. The Balaban J connectivity index is 4.21. The van der Waals surface area contributed by atoms with E-state index in [1.54, 1.807) is 26.0 Å². The fourth-order valence-corrected chi connectivity index (χ4v) is 0.541. The van der Waals surface area contributed by atoms with E-state index in [0.29, 0.717) is 5.57 Å². The molecule has 0 saturated carbocycles. The summed E-state index contributed by atoms with van der Waals surface area (Å²) < 4.78 is 0. The molecule has 0 aliphatic heterocycles. The standard InChI is InChI=1S/C8H14O2/c1-4-5-8(10)6(2)7(3)9/h4-5,8-10H,1-3H3. The Morgan fingerprint density at radius 3 is 2.20 bits per heavy atom. The molecule has 0 spiro atoms. The fourth-order valence-electron chi connectivity index (χ4n) is 0.541. The van der Waals surface area contributed by atoms with Crippen LogP contribution in [0.2, 0.25) is 0 Å². The number of hydrogen-bond donors (Lipinski definition) is 2. The van der Waals surface area contributed by atoms with Crippen molar-refractivity contribution < 1.29 is 10.2 Å². The van der Waals surface area contributed by atoms with Gasteiger partial charge in [0.25, 0.3) is 0 Å². The van der Waals surface area contributed by atoms with Gasteiger partial charge in [-0.2, -0.15) is 0 Å². The zero-order valence-corrected chi connectivity index (χ0v) is 6.63. The van der Waals surface area contributed by atoms with Crippen LogP contribution in [-0.2, 0) is 0 Å². The van der Waals surface area contributed by atoms with E-state index in [0.717, 1.165) is 0 Å². The van der Waals surface area contributed by atoms with Gasteiger partial charge in [-0.15, -0.1) is 0 Å². The summed E-state index contributed by atoms with van der Waals surface area (Å²) in [6.07, 6.45) is 2.72. The van der Waals surface area contributed by atoms with E-state index < -0.39 is 6.10 Å². The summed E-state index contributed by atoms with van der Waals surface area (Å²) >= 11 is 0. The van der Waals surface area contributed by atoms with Gasteiger partial charge in [0.05, 0.1) is 11.9 Å². The topological polar surface area (TPSA) is 40.5 Å². The van der Waals surface area contributed by atoms with Crippen molar-refractivity contribution in [1.29, 1.82) is 0 Å². The molecule has 10 heavy (non-hydrogen) atoms. The quantitative estimate of drug-likeness (QED) is 0.455. The maximum Gasteiger partial charge on any atom is 0.0963 e. The van der Waals surface area contributed by atoms with Crippen LogP contribution < -0.4 is 0 Å². The SMILES string of the molecule is CC=CC(O)C(C)=C(C)O. The summed E-state index contributed by atoms with van der Waals surface area (Å²) in [4.78, 5) is 0. The molecule has 2 nitrogen and oxygen atoms in total. The lowest BCUT2D eigenvalue weighted by Gasteiger charge is -2.05. The highest BCUT2D eigenvalue weighted by Crippen LogP contribution is 2.06. The van der Waals surface area contributed by atoms with Gasteiger partial charge in [-0.25, -0.2) is 0 Å². The smallest absolute Gasteiger partial charge is 0.0963 e. The van der Waals surface area contributed by atoms with E-state index in [1.165, 1.54) is 0 Å². The van der Waals surface area contributed by atoms with Crippen molar-refractivity contribution >= 4 is 0 Å². The van der Waals surface area contributed by atoms with Crippen molar-refractivity contribution in [3.63, 3.8) is 0 Å². The highest BCUT2D eigenvalue weighted by atomic mass is 16.3. The highest BCUT2D eigenvalue weighted by Gasteiger charge is 2.03. The van der Waals surface area contributed by atoms with Crippen molar-refractivity contribution in [1.82, 2.24) is 0 Å². The molecule has 0 heterocycles. The Hall–Kier alpha value is -0.760. The molecular weight excluding hydrogens is 128 g/mol. The molecule has 1 atom stereocenters. The molecule has 0 bridgehead atoms. The molecule has 0 aromatic heterocycles.